The number of nitrogens with zero attached hydrogens (tertiary/aromatic N) is 6. The average molecular weight is 613 g/mol. The van der Waals surface area contributed by atoms with E-state index in [1.54, 1.807) is 18.9 Å². The molecule has 0 N–H and O–H groups in total. The summed E-state index contributed by atoms with van der Waals surface area (Å²) in [5, 5.41) is 9.35. The van der Waals surface area contributed by atoms with Crippen molar-refractivity contribution in [1.82, 2.24) is 29.0 Å². The van der Waals surface area contributed by atoms with Crippen LogP contribution in [0.4, 0.5) is 4.39 Å². The van der Waals surface area contributed by atoms with Gasteiger partial charge in [0.15, 0.2) is 0 Å². The molecule has 0 saturated carbocycles. The van der Waals surface area contributed by atoms with Crippen molar-refractivity contribution in [3.8, 4) is 10.8 Å². The molecule has 2 unspecified atom stereocenters. The van der Waals surface area contributed by atoms with E-state index < -0.39 is 29.2 Å². The van der Waals surface area contributed by atoms with Gasteiger partial charge in [-0.05, 0) is 50.8 Å². The fourth-order valence-corrected chi connectivity index (χ4v) is 7.15. The summed E-state index contributed by atoms with van der Waals surface area (Å²) in [7, 11) is 3.16. The number of aryl methyl sites for hydroxylation is 1. The number of thiophene rings is 1. The fourth-order valence-electron chi connectivity index (χ4n) is 5.93. The molecule has 2 atom stereocenters. The standard InChI is InChI=1S/C29H33FN6O6S/c1-17-24-26(38)35(21-5-4-12-33(2)25(21)37)29(39)34(28(24)43-27(17)36-31-10-11-32-36)16-23(42-19-8-13-41-14-9-19)20-15-18(30)6-7-22(20)40-3/h6-7,10-11,15,19,21,23H,4-5,8-9,12-14,16H2,1-3H3. The summed E-state index contributed by atoms with van der Waals surface area (Å²) >= 11 is 1.20. The number of halogens is 1. The lowest BCUT2D eigenvalue weighted by Gasteiger charge is -2.31. The van der Waals surface area contributed by atoms with Gasteiger partial charge in [-0.25, -0.2) is 13.8 Å². The van der Waals surface area contributed by atoms with Crippen LogP contribution in [0.15, 0.2) is 40.2 Å². The second-order valence-electron chi connectivity index (χ2n) is 10.8. The first kappa shape index (κ1) is 29.2. The van der Waals surface area contributed by atoms with Gasteiger partial charge in [-0.3, -0.25) is 14.2 Å². The smallest absolute Gasteiger partial charge is 0.332 e. The Morgan fingerprint density at radius 3 is 2.60 bits per heavy atom. The Balaban J connectivity index is 1.57. The Bertz CT molecular complexity index is 1760. The molecule has 0 aliphatic carbocycles. The first-order valence-corrected chi connectivity index (χ1v) is 15.1. The molecular formula is C29H33FN6O6S. The second-order valence-corrected chi connectivity index (χ2v) is 11.8. The molecule has 43 heavy (non-hydrogen) atoms. The third-order valence-corrected chi connectivity index (χ3v) is 9.46. The molecule has 3 aromatic heterocycles. The van der Waals surface area contributed by atoms with Crippen LogP contribution in [0.5, 0.6) is 5.75 Å². The molecular weight excluding hydrogens is 579 g/mol. The van der Waals surface area contributed by atoms with Crippen LogP contribution in [-0.2, 0) is 20.8 Å². The number of hydrogen-bond acceptors (Lipinski definition) is 9. The lowest BCUT2D eigenvalue weighted by atomic mass is 10.0. The lowest BCUT2D eigenvalue weighted by Crippen LogP contribution is -2.49. The second kappa shape index (κ2) is 12.0. The summed E-state index contributed by atoms with van der Waals surface area (Å²) < 4.78 is 34.9. The molecule has 2 saturated heterocycles. The maximum Gasteiger partial charge on any atom is 0.332 e. The zero-order valence-electron chi connectivity index (χ0n) is 24.2. The van der Waals surface area contributed by atoms with Gasteiger partial charge in [0.05, 0.1) is 37.5 Å². The van der Waals surface area contributed by atoms with E-state index in [0.717, 1.165) is 4.57 Å². The largest absolute Gasteiger partial charge is 0.496 e. The number of amides is 1. The average Bonchev–Trinajstić information content (AvgIpc) is 3.65. The van der Waals surface area contributed by atoms with Gasteiger partial charge in [0.2, 0.25) is 5.91 Å². The minimum atomic E-state index is -0.946. The van der Waals surface area contributed by atoms with Gasteiger partial charge in [-0.2, -0.15) is 10.2 Å². The van der Waals surface area contributed by atoms with Crippen LogP contribution in [0.1, 0.15) is 49.0 Å². The van der Waals surface area contributed by atoms with Crippen molar-refractivity contribution in [3.05, 3.63) is 68.4 Å². The third-order valence-electron chi connectivity index (χ3n) is 8.17. The van der Waals surface area contributed by atoms with Crippen LogP contribution in [0.2, 0.25) is 0 Å². The van der Waals surface area contributed by atoms with Crippen LogP contribution in [0.25, 0.3) is 15.2 Å². The topological polar surface area (TPSA) is 123 Å². The van der Waals surface area contributed by atoms with Gasteiger partial charge in [-0.1, -0.05) is 11.3 Å². The number of piperidine rings is 1. The summed E-state index contributed by atoms with van der Waals surface area (Å²) in [4.78, 5) is 45.1. The number of carbonyl (C=O) groups excluding carboxylic acids is 1. The van der Waals surface area contributed by atoms with Crippen LogP contribution < -0.4 is 16.0 Å². The van der Waals surface area contributed by atoms with Crippen LogP contribution in [0, 0.1) is 12.7 Å². The molecule has 0 radical (unpaired) electrons. The highest BCUT2D eigenvalue weighted by atomic mass is 32.1. The number of hydrogen-bond donors (Lipinski definition) is 0. The summed E-state index contributed by atoms with van der Waals surface area (Å²) in [5.41, 5.74) is -0.154. The highest BCUT2D eigenvalue weighted by Crippen LogP contribution is 2.35. The number of aromatic nitrogens is 5. The van der Waals surface area contributed by atoms with Gasteiger partial charge in [0.25, 0.3) is 5.56 Å². The van der Waals surface area contributed by atoms with E-state index in [-0.39, 0.29) is 18.6 Å². The van der Waals surface area contributed by atoms with Crippen molar-refractivity contribution in [3.63, 3.8) is 0 Å². The molecule has 1 amide bonds. The van der Waals surface area contributed by atoms with Crippen molar-refractivity contribution < 1.29 is 23.4 Å². The molecule has 1 aromatic carbocycles. The van der Waals surface area contributed by atoms with E-state index in [2.05, 4.69) is 10.2 Å². The van der Waals surface area contributed by atoms with E-state index >= 15 is 0 Å². The number of likely N-dealkylation sites (N-methyl/N-ethyl adjacent to an activating group) is 1. The molecule has 2 aliphatic heterocycles. The zero-order valence-corrected chi connectivity index (χ0v) is 25.0. The Morgan fingerprint density at radius 1 is 1.14 bits per heavy atom. The van der Waals surface area contributed by atoms with Gasteiger partial charge >= 0.3 is 5.69 Å². The number of benzene rings is 1. The first-order chi connectivity index (χ1) is 20.8. The molecule has 2 aliphatic rings. The van der Waals surface area contributed by atoms with Crippen molar-refractivity contribution in [2.24, 2.45) is 0 Å². The Kier molecular flexibility index (Phi) is 8.16. The van der Waals surface area contributed by atoms with Crippen molar-refractivity contribution in [2.75, 3.05) is 33.9 Å². The molecule has 2 fully saturated rings. The number of likely N-dealkylation sites (tertiary alicyclic amines) is 1. The fraction of sp³-hybridized carbons (Fsp3) is 0.483. The molecule has 6 rings (SSSR count). The lowest BCUT2D eigenvalue weighted by molar-refractivity contribution is -0.136. The first-order valence-electron chi connectivity index (χ1n) is 14.2. The normalized spacial score (nSPS) is 18.8. The zero-order chi connectivity index (χ0) is 30.2. The molecule has 228 valence electrons. The van der Waals surface area contributed by atoms with Crippen LogP contribution in [-0.4, -0.2) is 75.0 Å². The SMILES string of the molecule is COc1ccc(F)cc1C(Cn1c(=O)n(C2CCCN(C)C2=O)c(=O)c2c(C)c(-n3nccn3)sc21)OC1CCOCC1. The van der Waals surface area contributed by atoms with E-state index in [4.69, 9.17) is 14.2 Å². The third kappa shape index (κ3) is 5.38. The van der Waals surface area contributed by atoms with E-state index in [1.807, 2.05) is 0 Å². The maximum absolute atomic E-state index is 14.6. The van der Waals surface area contributed by atoms with Gasteiger partial charge in [-0.15, -0.1) is 4.80 Å². The highest BCUT2D eigenvalue weighted by Gasteiger charge is 2.34. The quantitative estimate of drug-likeness (QED) is 0.298. The summed E-state index contributed by atoms with van der Waals surface area (Å²) in [6.07, 6.45) is 4.31. The predicted octanol–water partition coefficient (Wildman–Crippen LogP) is 2.99. The minimum Gasteiger partial charge on any atom is -0.496 e. The molecule has 0 spiro atoms. The molecule has 5 heterocycles. The number of rotatable bonds is 8. The number of ether oxygens (including phenoxy) is 3. The van der Waals surface area contributed by atoms with E-state index in [0.29, 0.717) is 77.5 Å². The number of fused-ring (bicyclic) bond motifs is 1. The van der Waals surface area contributed by atoms with Gasteiger partial charge < -0.3 is 19.1 Å². The van der Waals surface area contributed by atoms with Crippen LogP contribution in [0.3, 0.4) is 0 Å². The number of methoxy groups -OCH3 is 1. The molecule has 14 heteroatoms. The Labute approximate surface area is 250 Å². The van der Waals surface area contributed by atoms with Crippen molar-refractivity contribution in [2.45, 2.75) is 57.4 Å². The highest BCUT2D eigenvalue weighted by molar-refractivity contribution is 7.21. The summed E-state index contributed by atoms with van der Waals surface area (Å²) in [6.45, 7) is 3.31. The van der Waals surface area contributed by atoms with Gasteiger partial charge in [0, 0.05) is 37.9 Å². The minimum absolute atomic E-state index is 0.0601. The summed E-state index contributed by atoms with van der Waals surface area (Å²) in [6, 6.07) is 3.23. The molecule has 0 bridgehead atoms. The summed E-state index contributed by atoms with van der Waals surface area (Å²) in [5.74, 6) is -0.363. The molecule has 12 nitrogen and oxygen atoms in total. The van der Waals surface area contributed by atoms with E-state index in [9.17, 15) is 18.8 Å². The predicted molar refractivity (Wildman–Crippen MR) is 157 cm³/mol. The van der Waals surface area contributed by atoms with Crippen molar-refractivity contribution >= 4 is 27.5 Å². The van der Waals surface area contributed by atoms with E-state index in [1.165, 1.54) is 58.4 Å². The van der Waals surface area contributed by atoms with Crippen LogP contribution >= 0.6 is 11.3 Å². The Hall–Kier alpha value is -3.88. The Morgan fingerprint density at radius 2 is 1.88 bits per heavy atom. The maximum atomic E-state index is 14.6. The number of carbonyl (C=O) groups is 1. The van der Waals surface area contributed by atoms with Crippen molar-refractivity contribution in [1.29, 1.82) is 0 Å². The van der Waals surface area contributed by atoms with Gasteiger partial charge in [0.1, 0.15) is 33.5 Å². The monoisotopic (exact) mass is 612 g/mol. The molecule has 4 aromatic rings.